The first-order valence-electron chi connectivity index (χ1n) is 5.72. The van der Waals surface area contributed by atoms with Gasteiger partial charge in [0.05, 0.1) is 0 Å². The highest BCUT2D eigenvalue weighted by Crippen LogP contribution is 2.27. The Morgan fingerprint density at radius 3 is 2.88 bits per heavy atom. The van der Waals surface area contributed by atoms with E-state index in [2.05, 4.69) is 17.9 Å². The Kier molecular flexibility index (Phi) is 5.15. The van der Waals surface area contributed by atoms with Crippen LogP contribution in [0.4, 0.5) is 0 Å². The first-order chi connectivity index (χ1) is 7.70. The molecule has 0 saturated heterocycles. The van der Waals surface area contributed by atoms with Gasteiger partial charge in [-0.1, -0.05) is 19.1 Å². The zero-order chi connectivity index (χ0) is 11.5. The number of carbonyl (C=O) groups is 1. The molecule has 4 heteroatoms. The molecule has 0 N–H and O–H groups in total. The van der Waals surface area contributed by atoms with Crippen LogP contribution in [0.1, 0.15) is 25.0 Å². The van der Waals surface area contributed by atoms with Gasteiger partial charge in [-0.25, -0.2) is 0 Å². The topological polar surface area (TPSA) is 29.5 Å². The van der Waals surface area contributed by atoms with Crippen molar-refractivity contribution in [2.24, 2.45) is 0 Å². The molecular formula is C13H18BrNO2. The standard InChI is InChI=1S/C13H17NO2.BrH/c1-3-14-8-7-12-11(9-14)5-4-6-13(12)16-10(2)15;/h4-6H,3,7-9H2,1-2H3;1H. The third-order valence-corrected chi connectivity index (χ3v) is 3.00. The summed E-state index contributed by atoms with van der Waals surface area (Å²) in [7, 11) is 0. The van der Waals surface area contributed by atoms with Crippen molar-refractivity contribution in [2.45, 2.75) is 26.8 Å². The van der Waals surface area contributed by atoms with Crippen molar-refractivity contribution >= 4 is 23.0 Å². The lowest BCUT2D eigenvalue weighted by molar-refractivity contribution is -0.131. The first-order valence-corrected chi connectivity index (χ1v) is 5.72. The van der Waals surface area contributed by atoms with Crippen molar-refractivity contribution in [3.8, 4) is 5.75 Å². The molecule has 0 spiro atoms. The second-order valence-electron chi connectivity index (χ2n) is 4.11. The monoisotopic (exact) mass is 299 g/mol. The molecule has 1 aromatic carbocycles. The highest BCUT2D eigenvalue weighted by atomic mass is 79.9. The van der Waals surface area contributed by atoms with Crippen LogP contribution in [0.15, 0.2) is 18.2 Å². The normalized spacial score (nSPS) is 14.7. The average molecular weight is 300 g/mol. The van der Waals surface area contributed by atoms with Crippen LogP contribution in [0.3, 0.4) is 0 Å². The van der Waals surface area contributed by atoms with E-state index in [1.165, 1.54) is 18.1 Å². The molecule has 1 aromatic rings. The van der Waals surface area contributed by atoms with E-state index in [1.807, 2.05) is 12.1 Å². The lowest BCUT2D eigenvalue weighted by Crippen LogP contribution is -2.30. The number of likely N-dealkylation sites (N-methyl/N-ethyl adjacent to an activating group) is 1. The summed E-state index contributed by atoms with van der Waals surface area (Å²) in [6.07, 6.45) is 0.965. The van der Waals surface area contributed by atoms with Crippen molar-refractivity contribution in [1.29, 1.82) is 0 Å². The van der Waals surface area contributed by atoms with E-state index in [-0.39, 0.29) is 23.0 Å². The van der Waals surface area contributed by atoms with Crippen LogP contribution in [0.5, 0.6) is 5.75 Å². The second-order valence-corrected chi connectivity index (χ2v) is 4.11. The molecule has 0 bridgehead atoms. The molecule has 17 heavy (non-hydrogen) atoms. The fourth-order valence-electron chi connectivity index (χ4n) is 2.15. The number of carbonyl (C=O) groups excluding carboxylic acids is 1. The largest absolute Gasteiger partial charge is 0.426 e. The van der Waals surface area contributed by atoms with Crippen LogP contribution in [0.2, 0.25) is 0 Å². The third-order valence-electron chi connectivity index (χ3n) is 3.00. The molecule has 0 unspecified atom stereocenters. The van der Waals surface area contributed by atoms with Gasteiger partial charge in [-0.3, -0.25) is 9.69 Å². The van der Waals surface area contributed by atoms with Crippen LogP contribution in [0.25, 0.3) is 0 Å². The molecule has 1 aliphatic heterocycles. The highest BCUT2D eigenvalue weighted by Gasteiger charge is 2.18. The lowest BCUT2D eigenvalue weighted by Gasteiger charge is -2.28. The number of nitrogens with zero attached hydrogens (tertiary/aromatic N) is 1. The van der Waals surface area contributed by atoms with Gasteiger partial charge >= 0.3 is 5.97 Å². The van der Waals surface area contributed by atoms with Gasteiger partial charge in [0.15, 0.2) is 0 Å². The van der Waals surface area contributed by atoms with E-state index in [9.17, 15) is 4.79 Å². The predicted octanol–water partition coefficient (Wildman–Crippen LogP) is 2.57. The number of hydrogen-bond donors (Lipinski definition) is 0. The Balaban J connectivity index is 0.00000144. The van der Waals surface area contributed by atoms with Crippen molar-refractivity contribution in [3.05, 3.63) is 29.3 Å². The van der Waals surface area contributed by atoms with E-state index in [4.69, 9.17) is 4.74 Å². The van der Waals surface area contributed by atoms with Gasteiger partial charge < -0.3 is 4.74 Å². The molecule has 1 aliphatic rings. The van der Waals surface area contributed by atoms with Gasteiger partial charge in [-0.05, 0) is 24.6 Å². The zero-order valence-corrected chi connectivity index (χ0v) is 11.9. The molecule has 0 aromatic heterocycles. The van der Waals surface area contributed by atoms with E-state index in [0.717, 1.165) is 31.8 Å². The molecule has 0 saturated carbocycles. The summed E-state index contributed by atoms with van der Waals surface area (Å²) in [6, 6.07) is 5.95. The van der Waals surface area contributed by atoms with Crippen LogP contribution < -0.4 is 4.74 Å². The number of hydrogen-bond acceptors (Lipinski definition) is 3. The van der Waals surface area contributed by atoms with Gasteiger partial charge in [0.25, 0.3) is 0 Å². The number of halogens is 1. The Hall–Kier alpha value is -0.870. The summed E-state index contributed by atoms with van der Waals surface area (Å²) >= 11 is 0. The summed E-state index contributed by atoms with van der Waals surface area (Å²) in [5.41, 5.74) is 2.48. The van der Waals surface area contributed by atoms with Crippen molar-refractivity contribution < 1.29 is 9.53 Å². The molecule has 0 atom stereocenters. The SMILES string of the molecule is Br.CCN1CCc2c(cccc2OC(C)=O)C1. The molecular weight excluding hydrogens is 282 g/mol. The third kappa shape index (κ3) is 3.30. The maximum atomic E-state index is 11.0. The number of benzene rings is 1. The smallest absolute Gasteiger partial charge is 0.308 e. The molecule has 3 nitrogen and oxygen atoms in total. The molecule has 2 rings (SSSR count). The van der Waals surface area contributed by atoms with Crippen molar-refractivity contribution in [1.82, 2.24) is 4.90 Å². The highest BCUT2D eigenvalue weighted by molar-refractivity contribution is 8.93. The number of fused-ring (bicyclic) bond motifs is 1. The Labute approximate surface area is 113 Å². The number of ether oxygens (including phenoxy) is 1. The molecule has 0 fully saturated rings. The maximum absolute atomic E-state index is 11.0. The van der Waals surface area contributed by atoms with E-state index < -0.39 is 0 Å². The molecule has 1 heterocycles. The van der Waals surface area contributed by atoms with E-state index >= 15 is 0 Å². The summed E-state index contributed by atoms with van der Waals surface area (Å²) in [6.45, 7) is 6.68. The van der Waals surface area contributed by atoms with Crippen LogP contribution in [-0.2, 0) is 17.8 Å². The fraction of sp³-hybridized carbons (Fsp3) is 0.462. The Morgan fingerprint density at radius 2 is 2.24 bits per heavy atom. The first kappa shape index (κ1) is 14.2. The number of esters is 1. The fourth-order valence-corrected chi connectivity index (χ4v) is 2.15. The van der Waals surface area contributed by atoms with Crippen molar-refractivity contribution in [3.63, 3.8) is 0 Å². The van der Waals surface area contributed by atoms with Gasteiger partial charge in [0.1, 0.15) is 5.75 Å². The zero-order valence-electron chi connectivity index (χ0n) is 10.2. The average Bonchev–Trinajstić information content (AvgIpc) is 2.28. The summed E-state index contributed by atoms with van der Waals surface area (Å²) in [5, 5.41) is 0. The van der Waals surface area contributed by atoms with Crippen molar-refractivity contribution in [2.75, 3.05) is 13.1 Å². The van der Waals surface area contributed by atoms with Gasteiger partial charge in [-0.2, -0.15) is 0 Å². The van der Waals surface area contributed by atoms with E-state index in [0.29, 0.717) is 0 Å². The minimum atomic E-state index is -0.244. The van der Waals surface area contributed by atoms with Gasteiger partial charge in [0.2, 0.25) is 0 Å². The summed E-state index contributed by atoms with van der Waals surface area (Å²) < 4.78 is 5.22. The minimum Gasteiger partial charge on any atom is -0.426 e. The second kappa shape index (κ2) is 6.17. The Bertz CT molecular complexity index is 406. The predicted molar refractivity (Wildman–Crippen MR) is 72.7 cm³/mol. The van der Waals surface area contributed by atoms with Crippen LogP contribution in [0, 0.1) is 0 Å². The minimum absolute atomic E-state index is 0. The quantitative estimate of drug-likeness (QED) is 0.621. The van der Waals surface area contributed by atoms with Gasteiger partial charge in [0, 0.05) is 25.6 Å². The summed E-state index contributed by atoms with van der Waals surface area (Å²) in [4.78, 5) is 13.4. The van der Waals surface area contributed by atoms with Crippen LogP contribution in [-0.4, -0.2) is 24.0 Å². The molecule has 0 amide bonds. The lowest BCUT2D eigenvalue weighted by atomic mass is 9.99. The summed E-state index contributed by atoms with van der Waals surface area (Å²) in [5.74, 6) is 0.493. The number of rotatable bonds is 2. The van der Waals surface area contributed by atoms with Crippen LogP contribution >= 0.6 is 17.0 Å². The molecule has 94 valence electrons. The Morgan fingerprint density at radius 1 is 1.47 bits per heavy atom. The molecule has 0 aliphatic carbocycles. The molecule has 0 radical (unpaired) electrons. The van der Waals surface area contributed by atoms with E-state index in [1.54, 1.807) is 0 Å². The maximum Gasteiger partial charge on any atom is 0.308 e. The van der Waals surface area contributed by atoms with Gasteiger partial charge in [-0.15, -0.1) is 17.0 Å².